The fraction of sp³-hybridized carbons (Fsp3) is 0.583. The zero-order chi connectivity index (χ0) is 11.3. The molecule has 0 aromatic carbocycles. The first kappa shape index (κ1) is 12.0. The molecule has 1 heterocycles. The van der Waals surface area contributed by atoms with Crippen molar-refractivity contribution in [2.45, 2.75) is 32.9 Å². The van der Waals surface area contributed by atoms with E-state index in [1.165, 1.54) is 0 Å². The Morgan fingerprint density at radius 2 is 2.20 bits per heavy atom. The third-order valence-electron chi connectivity index (χ3n) is 2.56. The van der Waals surface area contributed by atoms with E-state index in [4.69, 9.17) is 0 Å². The van der Waals surface area contributed by atoms with Gasteiger partial charge in [-0.05, 0) is 31.9 Å². The molecule has 0 saturated heterocycles. The van der Waals surface area contributed by atoms with Gasteiger partial charge >= 0.3 is 0 Å². The van der Waals surface area contributed by atoms with Crippen molar-refractivity contribution < 1.29 is 4.39 Å². The average Bonchev–Trinajstić information content (AvgIpc) is 2.26. The number of rotatable bonds is 5. The fourth-order valence-electron chi connectivity index (χ4n) is 1.35. The van der Waals surface area contributed by atoms with Crippen molar-refractivity contribution in [1.29, 1.82) is 0 Å². The summed E-state index contributed by atoms with van der Waals surface area (Å²) in [5.41, 5.74) is 2.05. The number of hydrogen-bond acceptors (Lipinski definition) is 2. The van der Waals surface area contributed by atoms with Crippen LogP contribution < -0.4 is 4.90 Å². The van der Waals surface area contributed by atoms with Crippen LogP contribution in [0.4, 0.5) is 10.1 Å². The number of aryl methyl sites for hydroxylation is 1. The minimum Gasteiger partial charge on any atom is -0.373 e. The van der Waals surface area contributed by atoms with Gasteiger partial charge in [-0.2, -0.15) is 0 Å². The van der Waals surface area contributed by atoms with Crippen LogP contribution in [0.3, 0.4) is 0 Å². The lowest BCUT2D eigenvalue weighted by molar-refractivity contribution is 0.308. The van der Waals surface area contributed by atoms with Gasteiger partial charge in [0.15, 0.2) is 0 Å². The Morgan fingerprint density at radius 3 is 2.73 bits per heavy atom. The van der Waals surface area contributed by atoms with Gasteiger partial charge in [-0.15, -0.1) is 0 Å². The van der Waals surface area contributed by atoms with Crippen LogP contribution in [0, 0.1) is 6.92 Å². The molecule has 1 aromatic rings. The molecule has 2 nitrogen and oxygen atoms in total. The van der Waals surface area contributed by atoms with E-state index in [0.717, 1.165) is 17.9 Å². The molecule has 0 amide bonds. The number of aromatic nitrogens is 1. The highest BCUT2D eigenvalue weighted by Gasteiger charge is 2.06. The summed E-state index contributed by atoms with van der Waals surface area (Å²) in [5, 5.41) is 0. The van der Waals surface area contributed by atoms with Crippen molar-refractivity contribution in [1.82, 2.24) is 4.98 Å². The van der Waals surface area contributed by atoms with E-state index in [9.17, 15) is 4.39 Å². The highest BCUT2D eigenvalue weighted by Crippen LogP contribution is 2.13. The van der Waals surface area contributed by atoms with Gasteiger partial charge in [-0.1, -0.05) is 6.92 Å². The maximum Gasteiger partial charge on any atom is 0.102 e. The minimum absolute atomic E-state index is 0.584. The number of hydrogen-bond donors (Lipinski definition) is 0. The van der Waals surface area contributed by atoms with Crippen LogP contribution in [-0.2, 0) is 0 Å². The van der Waals surface area contributed by atoms with Crippen LogP contribution in [0.5, 0.6) is 0 Å². The van der Waals surface area contributed by atoms with Crippen LogP contribution in [0.15, 0.2) is 18.3 Å². The molecular formula is C12H19FN2. The number of anilines is 1. The average molecular weight is 210 g/mol. The predicted octanol–water partition coefficient (Wildman–Crippen LogP) is 2.96. The second kappa shape index (κ2) is 5.69. The fourth-order valence-corrected chi connectivity index (χ4v) is 1.35. The molecule has 0 N–H and O–H groups in total. The first-order valence-corrected chi connectivity index (χ1v) is 5.41. The summed E-state index contributed by atoms with van der Waals surface area (Å²) in [4.78, 5) is 6.25. The molecule has 0 radical (unpaired) electrons. The zero-order valence-electron chi connectivity index (χ0n) is 9.70. The predicted molar refractivity (Wildman–Crippen MR) is 62.0 cm³/mol. The van der Waals surface area contributed by atoms with Crippen molar-refractivity contribution in [2.75, 3.05) is 18.5 Å². The topological polar surface area (TPSA) is 16.1 Å². The van der Waals surface area contributed by atoms with Gasteiger partial charge in [0, 0.05) is 19.3 Å². The molecule has 0 aliphatic heterocycles. The van der Waals surface area contributed by atoms with Gasteiger partial charge in [-0.3, -0.25) is 4.98 Å². The second-order valence-electron chi connectivity index (χ2n) is 3.87. The Hall–Kier alpha value is -1.12. The maximum absolute atomic E-state index is 13.0. The molecule has 1 unspecified atom stereocenters. The van der Waals surface area contributed by atoms with Crippen LogP contribution in [0.2, 0.25) is 0 Å². The molecular weight excluding hydrogens is 191 g/mol. The van der Waals surface area contributed by atoms with Gasteiger partial charge in [0.25, 0.3) is 0 Å². The Balaban J connectivity index is 2.46. The lowest BCUT2D eigenvalue weighted by Gasteiger charge is -2.19. The maximum atomic E-state index is 13.0. The number of alkyl halides is 1. The van der Waals surface area contributed by atoms with Crippen molar-refractivity contribution in [3.8, 4) is 0 Å². The molecule has 84 valence electrons. The monoisotopic (exact) mass is 210 g/mol. The molecule has 0 aliphatic carbocycles. The summed E-state index contributed by atoms with van der Waals surface area (Å²) in [7, 11) is 1.97. The molecule has 1 rings (SSSR count). The number of nitrogens with zero attached hydrogens (tertiary/aromatic N) is 2. The van der Waals surface area contributed by atoms with E-state index in [1.54, 1.807) is 0 Å². The molecule has 0 spiro atoms. The third-order valence-corrected chi connectivity index (χ3v) is 2.56. The van der Waals surface area contributed by atoms with Crippen molar-refractivity contribution in [3.63, 3.8) is 0 Å². The summed E-state index contributed by atoms with van der Waals surface area (Å²) in [6.07, 6.45) is 2.32. The molecule has 1 atom stereocenters. The normalized spacial score (nSPS) is 12.5. The SMILES string of the molecule is CCC(F)CCN(C)c1ccc(C)nc1. The van der Waals surface area contributed by atoms with Crippen LogP contribution in [0.25, 0.3) is 0 Å². The molecule has 3 heteroatoms. The van der Waals surface area contributed by atoms with Gasteiger partial charge < -0.3 is 4.90 Å². The van der Waals surface area contributed by atoms with E-state index in [2.05, 4.69) is 4.98 Å². The van der Waals surface area contributed by atoms with Gasteiger partial charge in [0.05, 0.1) is 11.9 Å². The largest absolute Gasteiger partial charge is 0.373 e. The van der Waals surface area contributed by atoms with E-state index >= 15 is 0 Å². The summed E-state index contributed by atoms with van der Waals surface area (Å²) in [6, 6.07) is 3.99. The third kappa shape index (κ3) is 3.86. The van der Waals surface area contributed by atoms with E-state index < -0.39 is 6.17 Å². The number of pyridine rings is 1. The first-order chi connectivity index (χ1) is 7.13. The van der Waals surface area contributed by atoms with E-state index in [1.807, 2.05) is 44.1 Å². The highest BCUT2D eigenvalue weighted by atomic mass is 19.1. The standard InChI is InChI=1S/C12H19FN2/c1-4-11(13)7-8-15(3)12-6-5-10(2)14-9-12/h5-6,9,11H,4,7-8H2,1-3H3. The number of halogens is 1. The van der Waals surface area contributed by atoms with Crippen LogP contribution in [0.1, 0.15) is 25.5 Å². The molecule has 15 heavy (non-hydrogen) atoms. The van der Waals surface area contributed by atoms with Gasteiger partial charge in [-0.25, -0.2) is 4.39 Å². The van der Waals surface area contributed by atoms with Crippen molar-refractivity contribution >= 4 is 5.69 Å². The lowest BCUT2D eigenvalue weighted by atomic mass is 10.2. The highest BCUT2D eigenvalue weighted by molar-refractivity contribution is 5.43. The Bertz CT molecular complexity index is 284. The van der Waals surface area contributed by atoms with Gasteiger partial charge in [0.1, 0.15) is 6.17 Å². The zero-order valence-corrected chi connectivity index (χ0v) is 9.70. The molecule has 0 bridgehead atoms. The summed E-state index contributed by atoms with van der Waals surface area (Å²) < 4.78 is 13.0. The Kier molecular flexibility index (Phi) is 4.53. The van der Waals surface area contributed by atoms with E-state index in [0.29, 0.717) is 12.8 Å². The second-order valence-corrected chi connectivity index (χ2v) is 3.87. The van der Waals surface area contributed by atoms with Crippen molar-refractivity contribution in [3.05, 3.63) is 24.0 Å². The van der Waals surface area contributed by atoms with Crippen molar-refractivity contribution in [2.24, 2.45) is 0 Å². The minimum atomic E-state index is -0.689. The van der Waals surface area contributed by atoms with E-state index in [-0.39, 0.29) is 0 Å². The van der Waals surface area contributed by atoms with Gasteiger partial charge in [0.2, 0.25) is 0 Å². The smallest absolute Gasteiger partial charge is 0.102 e. The Labute approximate surface area is 91.1 Å². The lowest BCUT2D eigenvalue weighted by Crippen LogP contribution is -2.21. The van der Waals surface area contributed by atoms with Crippen LogP contribution >= 0.6 is 0 Å². The molecule has 0 aliphatic rings. The quantitative estimate of drug-likeness (QED) is 0.742. The molecule has 0 fully saturated rings. The Morgan fingerprint density at radius 1 is 1.47 bits per heavy atom. The molecule has 1 aromatic heterocycles. The molecule has 0 saturated carbocycles. The summed E-state index contributed by atoms with van der Waals surface area (Å²) in [5.74, 6) is 0. The van der Waals surface area contributed by atoms with Crippen LogP contribution in [-0.4, -0.2) is 24.7 Å². The first-order valence-electron chi connectivity index (χ1n) is 5.41. The summed E-state index contributed by atoms with van der Waals surface area (Å²) >= 11 is 0. The summed E-state index contributed by atoms with van der Waals surface area (Å²) in [6.45, 7) is 4.57.